The van der Waals surface area contributed by atoms with Gasteiger partial charge in [-0.1, -0.05) is 11.6 Å². The van der Waals surface area contributed by atoms with E-state index in [9.17, 15) is 32.3 Å². The Morgan fingerprint density at radius 2 is 1.88 bits per heavy atom. The highest BCUT2D eigenvalue weighted by Gasteiger charge is 2.34. The average Bonchev–Trinajstić information content (AvgIpc) is 3.13. The first-order valence-electron chi connectivity index (χ1n) is 8.83. The van der Waals surface area contributed by atoms with Gasteiger partial charge in [0.1, 0.15) is 6.54 Å². The smallest absolute Gasteiger partial charge is 0.418 e. The molecule has 0 spiro atoms. The number of halogens is 4. The van der Waals surface area contributed by atoms with E-state index in [-0.39, 0.29) is 16.2 Å². The highest BCUT2D eigenvalue weighted by molar-refractivity contribution is 6.30. The summed E-state index contributed by atoms with van der Waals surface area (Å²) in [5, 5.41) is 1.84. The van der Waals surface area contributed by atoms with Crippen molar-refractivity contribution in [1.29, 1.82) is 0 Å². The number of nitrogens with one attached hydrogen (secondary N) is 1. The van der Waals surface area contributed by atoms with Gasteiger partial charge in [-0.3, -0.25) is 23.5 Å². The highest BCUT2D eigenvalue weighted by Crippen LogP contribution is 2.36. The van der Waals surface area contributed by atoms with Gasteiger partial charge in [-0.2, -0.15) is 13.2 Å². The van der Waals surface area contributed by atoms with E-state index < -0.39 is 53.7 Å². The second kappa shape index (κ2) is 8.49. The molecular weight excluding hydrogens is 459 g/mol. The van der Waals surface area contributed by atoms with Crippen LogP contribution >= 0.6 is 11.6 Å². The number of hydrogen-bond donors (Lipinski definition) is 1. The molecular formula is C18H15ClF3N5O5. The van der Waals surface area contributed by atoms with Crippen molar-refractivity contribution in [1.82, 2.24) is 18.7 Å². The van der Waals surface area contributed by atoms with E-state index in [4.69, 9.17) is 16.3 Å². The third kappa shape index (κ3) is 4.51. The van der Waals surface area contributed by atoms with E-state index >= 15 is 0 Å². The summed E-state index contributed by atoms with van der Waals surface area (Å²) in [5.41, 5.74) is -2.98. The zero-order valence-corrected chi connectivity index (χ0v) is 17.3. The van der Waals surface area contributed by atoms with Crippen LogP contribution in [0.2, 0.25) is 5.02 Å². The molecule has 0 atom stereocenters. The van der Waals surface area contributed by atoms with Crippen LogP contribution in [-0.4, -0.2) is 37.2 Å². The van der Waals surface area contributed by atoms with Crippen molar-refractivity contribution in [3.05, 3.63) is 56.0 Å². The largest absolute Gasteiger partial charge is 0.454 e. The Morgan fingerprint density at radius 3 is 2.53 bits per heavy atom. The van der Waals surface area contributed by atoms with Gasteiger partial charge >= 0.3 is 17.8 Å². The monoisotopic (exact) mass is 473 g/mol. The lowest BCUT2D eigenvalue weighted by Gasteiger charge is -2.14. The molecule has 0 saturated heterocycles. The first-order chi connectivity index (χ1) is 14.9. The number of hydrogen-bond acceptors (Lipinski definition) is 6. The molecule has 0 saturated carbocycles. The summed E-state index contributed by atoms with van der Waals surface area (Å²) >= 11 is 5.58. The van der Waals surface area contributed by atoms with E-state index in [2.05, 4.69) is 4.98 Å². The molecule has 1 aromatic carbocycles. The van der Waals surface area contributed by atoms with Crippen molar-refractivity contribution < 1.29 is 27.5 Å². The molecule has 0 radical (unpaired) electrons. The fourth-order valence-corrected chi connectivity index (χ4v) is 3.07. The number of aromatic nitrogens is 4. The van der Waals surface area contributed by atoms with Crippen LogP contribution in [0.5, 0.6) is 0 Å². The summed E-state index contributed by atoms with van der Waals surface area (Å²) in [6.45, 7) is -1.39. The Labute approximate surface area is 181 Å². The highest BCUT2D eigenvalue weighted by atomic mass is 35.5. The lowest BCUT2D eigenvalue weighted by molar-refractivity contribution is -0.148. The number of amides is 1. The second-order valence-electron chi connectivity index (χ2n) is 6.65. The van der Waals surface area contributed by atoms with Gasteiger partial charge in [-0.25, -0.2) is 9.78 Å². The van der Waals surface area contributed by atoms with Crippen LogP contribution < -0.4 is 16.6 Å². The number of anilines is 1. The molecule has 1 amide bonds. The number of fused-ring (bicyclic) bond motifs is 1. The number of imidazole rings is 1. The summed E-state index contributed by atoms with van der Waals surface area (Å²) in [6.07, 6.45) is -3.62. The van der Waals surface area contributed by atoms with Crippen LogP contribution in [0.3, 0.4) is 0 Å². The third-order valence-electron chi connectivity index (χ3n) is 4.44. The maximum absolute atomic E-state index is 13.1. The van der Waals surface area contributed by atoms with E-state index in [0.29, 0.717) is 6.07 Å². The SMILES string of the molecule is Cn1c(=O)c2c(ncn2CC(=O)OCC(=O)Nc2ccc(Cl)cc2C(F)(F)F)n(C)c1=O. The molecule has 14 heteroatoms. The maximum Gasteiger partial charge on any atom is 0.418 e. The molecule has 1 N–H and O–H groups in total. The zero-order chi connectivity index (χ0) is 23.8. The minimum atomic E-state index is -4.76. The zero-order valence-electron chi connectivity index (χ0n) is 16.6. The lowest BCUT2D eigenvalue weighted by atomic mass is 10.1. The Balaban J connectivity index is 1.70. The fraction of sp³-hybridized carbons (Fsp3) is 0.278. The van der Waals surface area contributed by atoms with Crippen molar-refractivity contribution in [2.24, 2.45) is 14.1 Å². The van der Waals surface area contributed by atoms with Gasteiger partial charge in [0.15, 0.2) is 17.8 Å². The van der Waals surface area contributed by atoms with Crippen molar-refractivity contribution in [3.8, 4) is 0 Å². The minimum Gasteiger partial charge on any atom is -0.454 e. The number of alkyl halides is 3. The summed E-state index contributed by atoms with van der Waals surface area (Å²) in [7, 11) is 2.66. The first kappa shape index (κ1) is 23.1. The number of benzene rings is 1. The van der Waals surface area contributed by atoms with Gasteiger partial charge < -0.3 is 14.6 Å². The number of esters is 1. The molecule has 3 rings (SSSR count). The second-order valence-corrected chi connectivity index (χ2v) is 7.08. The summed E-state index contributed by atoms with van der Waals surface area (Å²) in [5.74, 6) is -1.97. The van der Waals surface area contributed by atoms with Gasteiger partial charge in [0.25, 0.3) is 11.5 Å². The Bertz CT molecular complexity index is 1340. The van der Waals surface area contributed by atoms with Crippen LogP contribution in [0.25, 0.3) is 11.2 Å². The van der Waals surface area contributed by atoms with Crippen molar-refractivity contribution in [3.63, 3.8) is 0 Å². The summed E-state index contributed by atoms with van der Waals surface area (Å²) in [4.78, 5) is 52.3. The molecule has 3 aromatic rings. The van der Waals surface area contributed by atoms with Crippen molar-refractivity contribution >= 4 is 40.3 Å². The molecule has 2 aromatic heterocycles. The van der Waals surface area contributed by atoms with Gasteiger partial charge in [0.2, 0.25) is 0 Å². The lowest BCUT2D eigenvalue weighted by Crippen LogP contribution is -2.37. The van der Waals surface area contributed by atoms with Crippen LogP contribution in [0.1, 0.15) is 5.56 Å². The first-order valence-corrected chi connectivity index (χ1v) is 9.21. The standard InChI is InChI=1S/C18H15ClF3N5O5/c1-25-15-14(16(30)26(2)17(25)31)27(8-23-15)6-13(29)32-7-12(28)24-11-4-3-9(19)5-10(11)18(20,21)22/h3-5,8H,6-7H2,1-2H3,(H,24,28). The van der Waals surface area contributed by atoms with E-state index in [1.54, 1.807) is 0 Å². The van der Waals surface area contributed by atoms with E-state index in [0.717, 1.165) is 32.2 Å². The fourth-order valence-electron chi connectivity index (χ4n) is 2.89. The molecule has 170 valence electrons. The van der Waals surface area contributed by atoms with Gasteiger partial charge in [-0.05, 0) is 18.2 Å². The number of nitrogens with zero attached hydrogens (tertiary/aromatic N) is 4. The number of carbonyl (C=O) groups excluding carboxylic acids is 2. The van der Waals surface area contributed by atoms with Crippen molar-refractivity contribution in [2.45, 2.75) is 12.7 Å². The molecule has 0 aliphatic rings. The van der Waals surface area contributed by atoms with Gasteiger partial charge in [0.05, 0.1) is 17.6 Å². The predicted octanol–water partition coefficient (Wildman–Crippen LogP) is 1.29. The molecule has 2 heterocycles. The van der Waals surface area contributed by atoms with Crippen LogP contribution in [0.15, 0.2) is 34.1 Å². The summed E-state index contributed by atoms with van der Waals surface area (Å²) in [6, 6.07) is 2.79. The van der Waals surface area contributed by atoms with Gasteiger partial charge in [0, 0.05) is 19.1 Å². The molecule has 32 heavy (non-hydrogen) atoms. The molecule has 0 aliphatic heterocycles. The number of carbonyl (C=O) groups is 2. The average molecular weight is 474 g/mol. The van der Waals surface area contributed by atoms with E-state index in [1.807, 2.05) is 5.32 Å². The Morgan fingerprint density at radius 1 is 1.19 bits per heavy atom. The number of ether oxygens (including phenoxy) is 1. The molecule has 0 aliphatic carbocycles. The molecule has 10 nitrogen and oxygen atoms in total. The quantitative estimate of drug-likeness (QED) is 0.558. The van der Waals surface area contributed by atoms with Crippen molar-refractivity contribution in [2.75, 3.05) is 11.9 Å². The normalized spacial score (nSPS) is 11.6. The van der Waals surface area contributed by atoms with Crippen LogP contribution in [0.4, 0.5) is 18.9 Å². The molecule has 0 unspecified atom stereocenters. The predicted molar refractivity (Wildman–Crippen MR) is 106 cm³/mol. The third-order valence-corrected chi connectivity index (χ3v) is 4.68. The van der Waals surface area contributed by atoms with Crippen LogP contribution in [-0.2, 0) is 41.1 Å². The number of aryl methyl sites for hydroxylation is 1. The minimum absolute atomic E-state index is 0.0352. The van der Waals surface area contributed by atoms with E-state index in [1.165, 1.54) is 14.1 Å². The van der Waals surface area contributed by atoms with Crippen LogP contribution in [0, 0.1) is 0 Å². The Kier molecular flexibility index (Phi) is 6.12. The molecule has 0 fully saturated rings. The topological polar surface area (TPSA) is 117 Å². The molecule has 0 bridgehead atoms. The summed E-state index contributed by atoms with van der Waals surface area (Å²) < 4.78 is 47.2. The number of rotatable bonds is 5. The Hall–Kier alpha value is -3.61. The van der Waals surface area contributed by atoms with Gasteiger partial charge in [-0.15, -0.1) is 0 Å². The maximum atomic E-state index is 13.1.